The molecule has 0 N–H and O–H groups in total. The van der Waals surface area contributed by atoms with E-state index in [2.05, 4.69) is 0 Å². The van der Waals surface area contributed by atoms with Crippen LogP contribution in [0.3, 0.4) is 0 Å². The minimum Gasteiger partial charge on any atom is -0.462 e. The van der Waals surface area contributed by atoms with E-state index in [0.717, 1.165) is 40.6 Å². The predicted octanol–water partition coefficient (Wildman–Crippen LogP) is 2.73. The lowest BCUT2D eigenvalue weighted by Crippen LogP contribution is -2.31. The summed E-state index contributed by atoms with van der Waals surface area (Å²) < 4.78 is 23.1. The van der Waals surface area contributed by atoms with Crippen LogP contribution in [0.2, 0.25) is 0 Å². The zero-order valence-electron chi connectivity index (χ0n) is 14.8. The molecule has 0 aromatic heterocycles. The molecule has 0 atom stereocenters. The Morgan fingerprint density at radius 2 is 1.39 bits per heavy atom. The van der Waals surface area contributed by atoms with Gasteiger partial charge in [0.2, 0.25) is 0 Å². The van der Waals surface area contributed by atoms with E-state index in [1.54, 1.807) is 13.8 Å². The number of thioether (sulfide) groups is 2. The van der Waals surface area contributed by atoms with Crippen LogP contribution < -0.4 is 4.90 Å². The molecular formula is C18H14FNO6S2. The average Bonchev–Trinajstić information content (AvgIpc) is 3.17. The van der Waals surface area contributed by atoms with Crippen LogP contribution in [0.25, 0.3) is 0 Å². The molecule has 0 fully saturated rings. The van der Waals surface area contributed by atoms with Gasteiger partial charge in [-0.15, -0.1) is 0 Å². The summed E-state index contributed by atoms with van der Waals surface area (Å²) in [7, 11) is 0. The van der Waals surface area contributed by atoms with Crippen LogP contribution in [0.4, 0.5) is 10.1 Å². The van der Waals surface area contributed by atoms with E-state index >= 15 is 0 Å². The first-order valence-corrected chi connectivity index (χ1v) is 9.85. The van der Waals surface area contributed by atoms with Gasteiger partial charge in [0.05, 0.1) is 32.9 Å². The molecule has 0 radical (unpaired) electrons. The number of anilines is 1. The third kappa shape index (κ3) is 3.57. The smallest absolute Gasteiger partial charge is 0.347 e. The molecule has 0 saturated carbocycles. The lowest BCUT2D eigenvalue weighted by molar-refractivity contribution is -0.146. The third-order valence-electron chi connectivity index (χ3n) is 3.64. The molecule has 2 amide bonds. The van der Waals surface area contributed by atoms with Crippen molar-refractivity contribution in [3.05, 3.63) is 49.7 Å². The van der Waals surface area contributed by atoms with Gasteiger partial charge in [0.15, 0.2) is 5.57 Å². The van der Waals surface area contributed by atoms with E-state index in [1.165, 1.54) is 12.1 Å². The second kappa shape index (κ2) is 8.19. The summed E-state index contributed by atoms with van der Waals surface area (Å²) in [5.74, 6) is -3.47. The molecular weight excluding hydrogens is 409 g/mol. The number of imide groups is 1. The highest BCUT2D eigenvalue weighted by Crippen LogP contribution is 2.55. The first kappa shape index (κ1) is 20.2. The van der Waals surface area contributed by atoms with Crippen molar-refractivity contribution in [3.8, 4) is 0 Å². The summed E-state index contributed by atoms with van der Waals surface area (Å²) >= 11 is 1.69. The van der Waals surface area contributed by atoms with Gasteiger partial charge in [-0.05, 0) is 38.1 Å². The molecule has 0 unspecified atom stereocenters. The normalized spacial score (nSPS) is 15.8. The maximum atomic E-state index is 13.1. The summed E-state index contributed by atoms with van der Waals surface area (Å²) in [6, 6.07) is 4.93. The van der Waals surface area contributed by atoms with Gasteiger partial charge in [-0.1, -0.05) is 23.5 Å². The third-order valence-corrected chi connectivity index (χ3v) is 6.21. The molecule has 2 heterocycles. The summed E-state index contributed by atoms with van der Waals surface area (Å²) in [5.41, 5.74) is -0.115. The number of esters is 2. The lowest BCUT2D eigenvalue weighted by Gasteiger charge is -2.17. The largest absolute Gasteiger partial charge is 0.462 e. The van der Waals surface area contributed by atoms with Gasteiger partial charge in [0.1, 0.15) is 5.82 Å². The van der Waals surface area contributed by atoms with Crippen LogP contribution in [-0.2, 0) is 28.7 Å². The molecule has 0 saturated heterocycles. The number of carbonyl (C=O) groups is 4. The number of halogens is 1. The Balaban J connectivity index is 1.91. The van der Waals surface area contributed by atoms with E-state index < -0.39 is 29.6 Å². The Kier molecular flexibility index (Phi) is 5.90. The molecule has 10 heteroatoms. The molecule has 146 valence electrons. The fourth-order valence-corrected chi connectivity index (χ4v) is 5.00. The van der Waals surface area contributed by atoms with Gasteiger partial charge < -0.3 is 9.47 Å². The fraction of sp³-hybridized carbons (Fsp3) is 0.222. The van der Waals surface area contributed by atoms with Crippen LogP contribution >= 0.6 is 23.5 Å². The van der Waals surface area contributed by atoms with E-state index in [0.29, 0.717) is 0 Å². The highest BCUT2D eigenvalue weighted by molar-refractivity contribution is 8.29. The monoisotopic (exact) mass is 423 g/mol. The topological polar surface area (TPSA) is 90.0 Å². The molecule has 3 rings (SSSR count). The Morgan fingerprint density at radius 1 is 0.929 bits per heavy atom. The maximum Gasteiger partial charge on any atom is 0.347 e. The molecule has 1 aromatic carbocycles. The first-order chi connectivity index (χ1) is 13.4. The predicted molar refractivity (Wildman–Crippen MR) is 101 cm³/mol. The number of ether oxygens (including phenoxy) is 2. The van der Waals surface area contributed by atoms with Crippen LogP contribution in [0.1, 0.15) is 13.8 Å². The van der Waals surface area contributed by atoms with Crippen molar-refractivity contribution in [2.24, 2.45) is 0 Å². The molecule has 0 spiro atoms. The minimum atomic E-state index is -0.882. The van der Waals surface area contributed by atoms with Gasteiger partial charge in [-0.3, -0.25) is 9.59 Å². The van der Waals surface area contributed by atoms with Crippen LogP contribution in [0.5, 0.6) is 0 Å². The maximum absolute atomic E-state index is 13.1. The van der Waals surface area contributed by atoms with E-state index in [9.17, 15) is 23.6 Å². The van der Waals surface area contributed by atoms with Crippen molar-refractivity contribution in [1.82, 2.24) is 0 Å². The van der Waals surface area contributed by atoms with Gasteiger partial charge in [0.25, 0.3) is 11.8 Å². The zero-order valence-corrected chi connectivity index (χ0v) is 16.4. The fourth-order valence-electron chi connectivity index (χ4n) is 2.46. The van der Waals surface area contributed by atoms with E-state index in [4.69, 9.17) is 9.47 Å². The first-order valence-electron chi connectivity index (χ1n) is 8.21. The van der Waals surface area contributed by atoms with Crippen molar-refractivity contribution in [3.63, 3.8) is 0 Å². The second-order valence-corrected chi connectivity index (χ2v) is 7.69. The number of nitrogens with zero attached hydrogens (tertiary/aromatic N) is 1. The molecule has 1 aromatic rings. The van der Waals surface area contributed by atoms with Crippen molar-refractivity contribution < 1.29 is 33.0 Å². The van der Waals surface area contributed by atoms with Crippen LogP contribution in [-0.4, -0.2) is 37.0 Å². The number of rotatable bonds is 5. The van der Waals surface area contributed by atoms with Crippen molar-refractivity contribution >= 4 is 53.0 Å². The summed E-state index contributed by atoms with van der Waals surface area (Å²) in [5, 5.41) is 0. The Morgan fingerprint density at radius 3 is 1.82 bits per heavy atom. The van der Waals surface area contributed by atoms with Gasteiger partial charge in [-0.25, -0.2) is 18.9 Å². The highest BCUT2D eigenvalue weighted by atomic mass is 32.2. The standard InChI is InChI=1S/C18H14FNO6S2/c1-3-25-16(23)11(17(24)26-4-2)18-27-12-13(28-18)15(22)20(14(12)21)10-7-5-9(19)6-8-10/h5-8H,3-4H2,1-2H3. The summed E-state index contributed by atoms with van der Waals surface area (Å²) in [6.45, 7) is 3.28. The molecule has 0 bridgehead atoms. The van der Waals surface area contributed by atoms with Gasteiger partial charge >= 0.3 is 11.9 Å². The van der Waals surface area contributed by atoms with Gasteiger partial charge in [-0.2, -0.15) is 0 Å². The Bertz CT molecular complexity index is 888. The number of benzene rings is 1. The number of hydrogen-bond acceptors (Lipinski definition) is 8. The molecule has 28 heavy (non-hydrogen) atoms. The summed E-state index contributed by atoms with van der Waals surface area (Å²) in [6.07, 6.45) is 0. The molecule has 2 aliphatic rings. The second-order valence-electron chi connectivity index (χ2n) is 5.39. The van der Waals surface area contributed by atoms with Crippen molar-refractivity contribution in [1.29, 1.82) is 0 Å². The Labute approximate surface area is 167 Å². The van der Waals surface area contributed by atoms with Gasteiger partial charge in [0, 0.05) is 0 Å². The van der Waals surface area contributed by atoms with Crippen LogP contribution in [0, 0.1) is 5.82 Å². The minimum absolute atomic E-state index is 0.0493. The lowest BCUT2D eigenvalue weighted by atomic mass is 10.3. The highest BCUT2D eigenvalue weighted by Gasteiger charge is 2.46. The molecule has 2 aliphatic heterocycles. The Hall–Kier alpha value is -2.59. The SMILES string of the molecule is CCOC(=O)C(C(=O)OCC)=C1SC2=C(S1)C(=O)N(c1ccc(F)cc1)C2=O. The quantitative estimate of drug-likeness (QED) is 0.235. The number of hydrogen-bond donors (Lipinski definition) is 0. The number of carbonyl (C=O) groups excluding carboxylic acids is 4. The zero-order chi connectivity index (χ0) is 20.4. The van der Waals surface area contributed by atoms with E-state index in [1.807, 2.05) is 0 Å². The van der Waals surface area contributed by atoms with E-state index in [-0.39, 0.29) is 38.5 Å². The van der Waals surface area contributed by atoms with Crippen molar-refractivity contribution in [2.45, 2.75) is 13.8 Å². The average molecular weight is 423 g/mol. The van der Waals surface area contributed by atoms with Crippen LogP contribution in [0.15, 0.2) is 43.9 Å². The molecule has 7 nitrogen and oxygen atoms in total. The summed E-state index contributed by atoms with van der Waals surface area (Å²) in [4.78, 5) is 50.9. The van der Waals surface area contributed by atoms with Crippen molar-refractivity contribution in [2.75, 3.05) is 18.1 Å². The number of amides is 2. The molecule has 0 aliphatic carbocycles.